The number of nitrogens with zero attached hydrogens (tertiary/aromatic N) is 1. The Bertz CT molecular complexity index is 556. The molecule has 0 bridgehead atoms. The third-order valence-corrected chi connectivity index (χ3v) is 2.84. The molecule has 2 amide bonds. The summed E-state index contributed by atoms with van der Waals surface area (Å²) >= 11 is 0. The first-order valence-electron chi connectivity index (χ1n) is 6.17. The Labute approximate surface area is 116 Å². The molecule has 0 saturated carbocycles. The van der Waals surface area contributed by atoms with Crippen molar-refractivity contribution in [1.82, 2.24) is 5.32 Å². The number of hydrogen-bond acceptors (Lipinski definition) is 3. The number of para-hydroxylation sites is 2. The third kappa shape index (κ3) is 2.90. The summed E-state index contributed by atoms with van der Waals surface area (Å²) in [5, 5.41) is 11.8. The number of aliphatic carboxylic acids is 1. The molecule has 0 aliphatic carbocycles. The lowest BCUT2D eigenvalue weighted by Crippen LogP contribution is -2.50. The van der Waals surface area contributed by atoms with Crippen molar-refractivity contribution in [3.8, 4) is 5.75 Å². The number of amides is 2. The van der Waals surface area contributed by atoms with Crippen molar-refractivity contribution in [3.63, 3.8) is 0 Å². The number of rotatable bonds is 3. The first-order valence-corrected chi connectivity index (χ1v) is 6.17. The monoisotopic (exact) mass is 276 g/mol. The molecule has 2 rings (SSSR count). The van der Waals surface area contributed by atoms with Crippen LogP contribution in [0.5, 0.6) is 5.75 Å². The summed E-state index contributed by atoms with van der Waals surface area (Å²) in [4.78, 5) is 24.6. The zero-order chi connectivity index (χ0) is 14.7. The fraction of sp³-hybridized carbons (Fsp3) is 0.286. The second-order valence-corrected chi connectivity index (χ2v) is 4.64. The largest absolute Gasteiger partial charge is 0.478 e. The summed E-state index contributed by atoms with van der Waals surface area (Å²) < 4.78 is 5.36. The second kappa shape index (κ2) is 5.64. The van der Waals surface area contributed by atoms with Crippen LogP contribution < -0.4 is 15.0 Å². The van der Waals surface area contributed by atoms with E-state index in [1.54, 1.807) is 31.2 Å². The average Bonchev–Trinajstić information content (AvgIpc) is 2.43. The number of nitrogens with one attached hydrogen (secondary N) is 1. The predicted octanol–water partition coefficient (Wildman–Crippen LogP) is 1.62. The second-order valence-electron chi connectivity index (χ2n) is 4.64. The van der Waals surface area contributed by atoms with E-state index >= 15 is 0 Å². The van der Waals surface area contributed by atoms with E-state index in [9.17, 15) is 9.59 Å². The van der Waals surface area contributed by atoms with E-state index in [-0.39, 0.29) is 12.6 Å². The number of carbonyl (C=O) groups excluding carboxylic acids is 1. The van der Waals surface area contributed by atoms with Gasteiger partial charge in [0.05, 0.1) is 12.2 Å². The van der Waals surface area contributed by atoms with Crippen LogP contribution in [0, 0.1) is 0 Å². The average molecular weight is 276 g/mol. The molecule has 2 N–H and O–H groups in total. The van der Waals surface area contributed by atoms with Crippen molar-refractivity contribution in [2.75, 3.05) is 18.0 Å². The summed E-state index contributed by atoms with van der Waals surface area (Å²) in [6.07, 6.45) is -1.07. The van der Waals surface area contributed by atoms with Crippen LogP contribution in [0.4, 0.5) is 10.5 Å². The van der Waals surface area contributed by atoms with E-state index in [0.29, 0.717) is 18.0 Å². The van der Waals surface area contributed by atoms with Crippen LogP contribution in [-0.4, -0.2) is 36.3 Å². The molecule has 106 valence electrons. The zero-order valence-electron chi connectivity index (χ0n) is 11.1. The molecule has 1 aromatic carbocycles. The Morgan fingerprint density at radius 1 is 1.50 bits per heavy atom. The molecule has 1 aliphatic heterocycles. The number of benzene rings is 1. The Morgan fingerprint density at radius 3 is 2.85 bits per heavy atom. The summed E-state index contributed by atoms with van der Waals surface area (Å²) in [5.74, 6) is -0.714. The highest BCUT2D eigenvalue weighted by Crippen LogP contribution is 2.33. The number of urea groups is 1. The smallest absolute Gasteiger partial charge is 0.346 e. The Hall–Kier alpha value is -2.50. The molecule has 1 aliphatic rings. The molecule has 0 spiro atoms. The molecule has 0 radical (unpaired) electrons. The van der Waals surface area contributed by atoms with E-state index in [0.717, 1.165) is 5.57 Å². The molecule has 6 nitrogen and oxygen atoms in total. The first kappa shape index (κ1) is 13.9. The lowest BCUT2D eigenvalue weighted by molar-refractivity contribution is -0.144. The SMILES string of the molecule is C=C(C)CNC(=O)N1CC(C(=O)O)Oc2ccccc21. The van der Waals surface area contributed by atoms with Crippen LogP contribution in [0.15, 0.2) is 36.4 Å². The molecule has 0 fully saturated rings. The van der Waals surface area contributed by atoms with Crippen LogP contribution in [0.1, 0.15) is 6.92 Å². The fourth-order valence-corrected chi connectivity index (χ4v) is 1.88. The van der Waals surface area contributed by atoms with Gasteiger partial charge in [0.25, 0.3) is 0 Å². The van der Waals surface area contributed by atoms with E-state index < -0.39 is 12.1 Å². The lowest BCUT2D eigenvalue weighted by Gasteiger charge is -2.33. The van der Waals surface area contributed by atoms with E-state index in [2.05, 4.69) is 11.9 Å². The number of carbonyl (C=O) groups is 2. The predicted molar refractivity (Wildman–Crippen MR) is 74.1 cm³/mol. The molecular weight excluding hydrogens is 260 g/mol. The maximum Gasteiger partial charge on any atom is 0.346 e. The standard InChI is InChI=1S/C14H16N2O4/c1-9(2)7-15-14(19)16-8-12(13(17)18)20-11-6-4-3-5-10(11)16/h3-6,12H,1,7-8H2,2H3,(H,15,19)(H,17,18). The van der Waals surface area contributed by atoms with Gasteiger partial charge < -0.3 is 15.2 Å². The van der Waals surface area contributed by atoms with Crippen LogP contribution in [0.25, 0.3) is 0 Å². The first-order chi connectivity index (χ1) is 9.49. The quantitative estimate of drug-likeness (QED) is 0.822. The number of anilines is 1. The van der Waals surface area contributed by atoms with Gasteiger partial charge in [0.15, 0.2) is 0 Å². The molecule has 1 atom stereocenters. The van der Waals surface area contributed by atoms with Crippen LogP contribution >= 0.6 is 0 Å². The van der Waals surface area contributed by atoms with Gasteiger partial charge in [0.2, 0.25) is 6.10 Å². The topological polar surface area (TPSA) is 78.9 Å². The van der Waals surface area contributed by atoms with E-state index in [1.165, 1.54) is 4.90 Å². The minimum atomic E-state index is -1.10. The van der Waals surface area contributed by atoms with Gasteiger partial charge in [-0.05, 0) is 19.1 Å². The van der Waals surface area contributed by atoms with Crippen molar-refractivity contribution in [1.29, 1.82) is 0 Å². The van der Waals surface area contributed by atoms with Gasteiger partial charge in [-0.15, -0.1) is 0 Å². The van der Waals surface area contributed by atoms with Gasteiger partial charge in [-0.1, -0.05) is 24.3 Å². The summed E-state index contributed by atoms with van der Waals surface area (Å²) in [6, 6.07) is 6.49. The van der Waals surface area contributed by atoms with Crippen molar-refractivity contribution in [2.45, 2.75) is 13.0 Å². The van der Waals surface area contributed by atoms with Gasteiger partial charge in [-0.2, -0.15) is 0 Å². The van der Waals surface area contributed by atoms with E-state index in [1.807, 2.05) is 0 Å². The zero-order valence-corrected chi connectivity index (χ0v) is 11.1. The molecule has 1 aromatic rings. The molecule has 1 heterocycles. The van der Waals surface area contributed by atoms with Crippen molar-refractivity contribution < 1.29 is 19.4 Å². The van der Waals surface area contributed by atoms with Crippen LogP contribution in [0.2, 0.25) is 0 Å². The molecular formula is C14H16N2O4. The Balaban J connectivity index is 2.24. The summed E-state index contributed by atoms with van der Waals surface area (Å²) in [7, 11) is 0. The molecule has 0 saturated heterocycles. The van der Waals surface area contributed by atoms with Gasteiger partial charge in [-0.25, -0.2) is 9.59 Å². The Kier molecular flexibility index (Phi) is 3.93. The molecule has 20 heavy (non-hydrogen) atoms. The highest BCUT2D eigenvalue weighted by atomic mass is 16.5. The van der Waals surface area contributed by atoms with Gasteiger partial charge in [0.1, 0.15) is 5.75 Å². The van der Waals surface area contributed by atoms with Crippen molar-refractivity contribution >= 4 is 17.7 Å². The highest BCUT2D eigenvalue weighted by molar-refractivity contribution is 5.95. The Morgan fingerprint density at radius 2 is 2.20 bits per heavy atom. The normalized spacial score (nSPS) is 16.9. The van der Waals surface area contributed by atoms with Crippen LogP contribution in [-0.2, 0) is 4.79 Å². The molecule has 1 unspecified atom stereocenters. The van der Waals surface area contributed by atoms with Crippen LogP contribution in [0.3, 0.4) is 0 Å². The number of carboxylic acids is 1. The van der Waals surface area contributed by atoms with E-state index in [4.69, 9.17) is 9.84 Å². The minimum Gasteiger partial charge on any atom is -0.478 e. The maximum absolute atomic E-state index is 12.2. The van der Waals surface area contributed by atoms with Crippen molar-refractivity contribution in [3.05, 3.63) is 36.4 Å². The number of ether oxygens (including phenoxy) is 1. The summed E-state index contributed by atoms with van der Waals surface area (Å²) in [6.45, 7) is 5.82. The fourth-order valence-electron chi connectivity index (χ4n) is 1.88. The number of carboxylic acid groups (broad SMARTS) is 1. The molecule has 0 aromatic heterocycles. The third-order valence-electron chi connectivity index (χ3n) is 2.84. The number of fused-ring (bicyclic) bond motifs is 1. The maximum atomic E-state index is 12.2. The minimum absolute atomic E-state index is 0.0334. The molecule has 6 heteroatoms. The van der Waals surface area contributed by atoms with Gasteiger partial charge in [0, 0.05) is 6.54 Å². The summed E-state index contributed by atoms with van der Waals surface area (Å²) in [5.41, 5.74) is 1.37. The van der Waals surface area contributed by atoms with Gasteiger partial charge in [-0.3, -0.25) is 4.90 Å². The lowest BCUT2D eigenvalue weighted by atomic mass is 10.2. The highest BCUT2D eigenvalue weighted by Gasteiger charge is 2.33. The van der Waals surface area contributed by atoms with Crippen molar-refractivity contribution in [2.24, 2.45) is 0 Å². The van der Waals surface area contributed by atoms with Gasteiger partial charge >= 0.3 is 12.0 Å². The number of hydrogen-bond donors (Lipinski definition) is 2.